The van der Waals surface area contributed by atoms with E-state index >= 15 is 0 Å². The van der Waals surface area contributed by atoms with E-state index in [1.807, 2.05) is 30.3 Å². The number of benzene rings is 2. The summed E-state index contributed by atoms with van der Waals surface area (Å²) in [6.45, 7) is 3.73. The van der Waals surface area contributed by atoms with Crippen LogP contribution in [0.1, 0.15) is 17.0 Å². The number of methoxy groups -OCH3 is 1. The monoisotopic (exact) mass is 495 g/mol. The van der Waals surface area contributed by atoms with Crippen molar-refractivity contribution in [3.63, 3.8) is 0 Å². The van der Waals surface area contributed by atoms with Crippen LogP contribution in [0.5, 0.6) is 0 Å². The second-order valence-corrected chi connectivity index (χ2v) is 9.16. The Morgan fingerprint density at radius 2 is 1.60 bits per heavy atom. The third kappa shape index (κ3) is 7.37. The second-order valence-electron chi connectivity index (χ2n) is 7.48. The Labute approximate surface area is 203 Å². The van der Waals surface area contributed by atoms with Crippen LogP contribution in [-0.2, 0) is 30.9 Å². The van der Waals surface area contributed by atoms with Gasteiger partial charge in [-0.2, -0.15) is 0 Å². The van der Waals surface area contributed by atoms with Gasteiger partial charge in [0, 0.05) is 23.6 Å². The predicted octanol–water partition coefficient (Wildman–Crippen LogP) is 2.68. The normalized spacial score (nSPS) is 11.5. The lowest BCUT2D eigenvalue weighted by atomic mass is 10.2. The Morgan fingerprint density at radius 3 is 2.20 bits per heavy atom. The van der Waals surface area contributed by atoms with Crippen molar-refractivity contribution in [3.8, 4) is 0 Å². The molecule has 3 N–H and O–H groups in total. The number of ether oxygens (including phenoxy) is 1. The highest BCUT2D eigenvalue weighted by Crippen LogP contribution is 2.18. The van der Waals surface area contributed by atoms with Crippen molar-refractivity contribution >= 4 is 33.5 Å². The van der Waals surface area contributed by atoms with Crippen LogP contribution in [0.2, 0.25) is 0 Å². The average molecular weight is 496 g/mol. The van der Waals surface area contributed by atoms with Crippen molar-refractivity contribution in [1.29, 1.82) is 0 Å². The number of hydrogen-bond acceptors (Lipinski definition) is 8. The fourth-order valence-corrected chi connectivity index (χ4v) is 3.98. The van der Waals surface area contributed by atoms with Gasteiger partial charge >= 0.3 is 5.97 Å². The summed E-state index contributed by atoms with van der Waals surface area (Å²) in [7, 11) is -2.74. The maximum atomic E-state index is 12.7. The molecular formula is C24H25N5O5S. The molecule has 10 nitrogen and oxygen atoms in total. The van der Waals surface area contributed by atoms with Crippen LogP contribution in [0.3, 0.4) is 0 Å². The van der Waals surface area contributed by atoms with Crippen molar-refractivity contribution in [2.24, 2.45) is 0 Å². The van der Waals surface area contributed by atoms with Gasteiger partial charge in [0.25, 0.3) is 15.9 Å². The number of hydrogen-bond donors (Lipinski definition) is 3. The predicted molar refractivity (Wildman–Crippen MR) is 131 cm³/mol. The quantitative estimate of drug-likeness (QED) is 0.304. The Balaban J connectivity index is 1.74. The van der Waals surface area contributed by atoms with E-state index in [1.54, 1.807) is 19.9 Å². The van der Waals surface area contributed by atoms with Crippen molar-refractivity contribution in [1.82, 2.24) is 15.3 Å². The van der Waals surface area contributed by atoms with Crippen molar-refractivity contribution in [3.05, 3.63) is 89.4 Å². The van der Waals surface area contributed by atoms with Gasteiger partial charge in [-0.25, -0.2) is 27.9 Å². The molecule has 0 atom stereocenters. The smallest absolute Gasteiger partial charge is 0.332 e. The zero-order valence-corrected chi connectivity index (χ0v) is 20.2. The van der Waals surface area contributed by atoms with Crippen LogP contribution in [0.25, 0.3) is 0 Å². The van der Waals surface area contributed by atoms with Gasteiger partial charge in [-0.15, -0.1) is 0 Å². The number of esters is 1. The fraction of sp³-hybridized carbons (Fsp3) is 0.167. The summed E-state index contributed by atoms with van der Waals surface area (Å²) in [4.78, 5) is 32.6. The van der Waals surface area contributed by atoms with Gasteiger partial charge in [-0.05, 0) is 49.7 Å². The molecule has 3 rings (SSSR count). The number of carbonyl (C=O) groups excluding carboxylic acids is 2. The third-order valence-corrected chi connectivity index (χ3v) is 6.00. The number of amides is 1. The fourth-order valence-electron chi connectivity index (χ4n) is 3.03. The van der Waals surface area contributed by atoms with Gasteiger partial charge in [0.15, 0.2) is 0 Å². The van der Waals surface area contributed by atoms with Gasteiger partial charge in [0.1, 0.15) is 5.70 Å². The maximum Gasteiger partial charge on any atom is 0.332 e. The Kier molecular flexibility index (Phi) is 8.16. The van der Waals surface area contributed by atoms with E-state index in [0.717, 1.165) is 11.6 Å². The SMILES string of the molecule is COC(=O)/C=C(\Nc1ccc(S(=O)(=O)Nc2nc(C)cc(C)n2)cc1)C(=O)NCc1ccccc1. The van der Waals surface area contributed by atoms with Crippen molar-refractivity contribution < 1.29 is 22.7 Å². The maximum absolute atomic E-state index is 12.7. The molecule has 0 radical (unpaired) electrons. The van der Waals surface area contributed by atoms with Gasteiger partial charge in [-0.3, -0.25) is 4.79 Å². The van der Waals surface area contributed by atoms with Gasteiger partial charge < -0.3 is 15.4 Å². The molecule has 0 unspecified atom stereocenters. The topological polar surface area (TPSA) is 139 Å². The molecule has 0 aliphatic heterocycles. The van der Waals surface area contributed by atoms with Crippen molar-refractivity contribution in [2.75, 3.05) is 17.1 Å². The lowest BCUT2D eigenvalue weighted by Crippen LogP contribution is -2.28. The molecule has 2 aromatic carbocycles. The van der Waals surface area contributed by atoms with E-state index in [2.05, 4.69) is 30.1 Å². The summed E-state index contributed by atoms with van der Waals surface area (Å²) in [6, 6.07) is 16.6. The first kappa shape index (κ1) is 25.4. The molecule has 0 saturated carbocycles. The van der Waals surface area contributed by atoms with Crippen LogP contribution >= 0.6 is 0 Å². The highest BCUT2D eigenvalue weighted by Gasteiger charge is 2.17. The van der Waals surface area contributed by atoms with Gasteiger partial charge in [0.05, 0.1) is 18.1 Å². The summed E-state index contributed by atoms with van der Waals surface area (Å²) in [5.41, 5.74) is 2.46. The first-order chi connectivity index (χ1) is 16.7. The van der Waals surface area contributed by atoms with E-state index in [9.17, 15) is 18.0 Å². The molecule has 3 aromatic rings. The van der Waals surface area contributed by atoms with Crippen LogP contribution in [0.4, 0.5) is 11.6 Å². The largest absolute Gasteiger partial charge is 0.466 e. The molecule has 182 valence electrons. The average Bonchev–Trinajstić information content (AvgIpc) is 2.82. The lowest BCUT2D eigenvalue weighted by Gasteiger charge is -2.13. The first-order valence-electron chi connectivity index (χ1n) is 10.5. The summed E-state index contributed by atoms with van der Waals surface area (Å²) in [5, 5.41) is 5.56. The highest BCUT2D eigenvalue weighted by atomic mass is 32.2. The molecule has 0 bridgehead atoms. The molecule has 11 heteroatoms. The molecule has 0 fully saturated rings. The zero-order chi connectivity index (χ0) is 25.4. The van der Waals surface area contributed by atoms with Crippen LogP contribution in [0, 0.1) is 13.8 Å². The number of nitrogens with one attached hydrogen (secondary N) is 3. The minimum Gasteiger partial charge on any atom is -0.466 e. The van der Waals surface area contributed by atoms with Crippen LogP contribution in [-0.4, -0.2) is 37.4 Å². The van der Waals surface area contributed by atoms with E-state index in [-0.39, 0.29) is 23.1 Å². The summed E-state index contributed by atoms with van der Waals surface area (Å²) in [6.07, 6.45) is 1.02. The van der Waals surface area contributed by atoms with Crippen LogP contribution < -0.4 is 15.4 Å². The van der Waals surface area contributed by atoms with Gasteiger partial charge in [-0.1, -0.05) is 30.3 Å². The molecule has 0 spiro atoms. The first-order valence-corrected chi connectivity index (χ1v) is 12.0. The Hall–Kier alpha value is -4.25. The number of aryl methyl sites for hydroxylation is 2. The molecule has 0 saturated heterocycles. The number of sulfonamides is 1. The molecule has 35 heavy (non-hydrogen) atoms. The van der Waals surface area contributed by atoms with Crippen molar-refractivity contribution in [2.45, 2.75) is 25.3 Å². The number of aromatic nitrogens is 2. The number of anilines is 2. The second kappa shape index (κ2) is 11.3. The molecule has 0 aliphatic rings. The molecule has 1 aromatic heterocycles. The summed E-state index contributed by atoms with van der Waals surface area (Å²) < 4.78 is 32.4. The van der Waals surface area contributed by atoms with E-state index < -0.39 is 21.9 Å². The van der Waals surface area contributed by atoms with Gasteiger partial charge in [0.2, 0.25) is 5.95 Å². The molecular weight excluding hydrogens is 470 g/mol. The number of carbonyl (C=O) groups is 2. The minimum atomic E-state index is -3.94. The molecule has 1 amide bonds. The summed E-state index contributed by atoms with van der Waals surface area (Å²) in [5.74, 6) is -1.29. The van der Waals surface area contributed by atoms with Crippen LogP contribution in [0.15, 0.2) is 77.3 Å². The minimum absolute atomic E-state index is 0.0249. The third-order valence-electron chi connectivity index (χ3n) is 4.66. The number of rotatable bonds is 9. The van der Waals surface area contributed by atoms with E-state index in [1.165, 1.54) is 31.4 Å². The Morgan fingerprint density at radius 1 is 0.971 bits per heavy atom. The number of nitrogens with zero attached hydrogens (tertiary/aromatic N) is 2. The lowest BCUT2D eigenvalue weighted by molar-refractivity contribution is -0.135. The zero-order valence-electron chi connectivity index (χ0n) is 19.4. The highest BCUT2D eigenvalue weighted by molar-refractivity contribution is 7.92. The van der Waals surface area contributed by atoms with E-state index in [0.29, 0.717) is 17.1 Å². The molecule has 0 aliphatic carbocycles. The summed E-state index contributed by atoms with van der Waals surface area (Å²) >= 11 is 0. The Bertz CT molecular complexity index is 1320. The van der Waals surface area contributed by atoms with E-state index in [4.69, 9.17) is 0 Å². The molecule has 1 heterocycles. The standard InChI is InChI=1S/C24H25N5O5S/c1-16-13-17(2)27-24(26-16)29-35(32,33)20-11-9-19(10-12-20)28-21(14-22(30)34-3)23(31)25-15-18-7-5-4-6-8-18/h4-14,28H,15H2,1-3H3,(H,25,31)(H,26,27,29)/b21-14-.